The number of nitrogens with one attached hydrogen (secondary N) is 1. The number of aryl methyl sites for hydroxylation is 1. The van der Waals surface area contributed by atoms with Crippen LogP contribution in [0.2, 0.25) is 0 Å². The van der Waals surface area contributed by atoms with Gasteiger partial charge in [-0.15, -0.1) is 0 Å². The van der Waals surface area contributed by atoms with Gasteiger partial charge in [-0.05, 0) is 36.1 Å². The quantitative estimate of drug-likeness (QED) is 0.933. The van der Waals surface area contributed by atoms with Crippen LogP contribution in [0.1, 0.15) is 35.7 Å². The van der Waals surface area contributed by atoms with Crippen molar-refractivity contribution >= 4 is 17.8 Å². The Hall–Kier alpha value is -2.72. The maximum atomic E-state index is 12.1. The van der Waals surface area contributed by atoms with Crippen LogP contribution in [0.5, 0.6) is 5.75 Å². The Morgan fingerprint density at radius 2 is 1.88 bits per heavy atom. The molecule has 0 bridgehead atoms. The minimum absolute atomic E-state index is 0.0250. The van der Waals surface area contributed by atoms with Gasteiger partial charge in [0.05, 0.1) is 0 Å². The summed E-state index contributed by atoms with van der Waals surface area (Å²) in [5.74, 6) is 1.47. The first kappa shape index (κ1) is 15.8. The van der Waals surface area contributed by atoms with E-state index in [9.17, 15) is 4.79 Å². The van der Waals surface area contributed by atoms with Crippen LogP contribution in [-0.2, 0) is 11.2 Å². The molecule has 0 spiro atoms. The molecule has 0 saturated heterocycles. The molecule has 1 heterocycles. The third-order valence-electron chi connectivity index (χ3n) is 4.52. The fourth-order valence-electron chi connectivity index (χ4n) is 3.24. The van der Waals surface area contributed by atoms with Crippen molar-refractivity contribution in [2.24, 2.45) is 4.99 Å². The number of hydrogen-bond donors (Lipinski definition) is 1. The van der Waals surface area contributed by atoms with Crippen molar-refractivity contribution in [3.63, 3.8) is 0 Å². The fourth-order valence-corrected chi connectivity index (χ4v) is 3.24. The van der Waals surface area contributed by atoms with Gasteiger partial charge in [0.15, 0.2) is 5.78 Å². The first-order valence-electron chi connectivity index (χ1n) is 8.65. The molecular formula is C21H20N2O2. The molecule has 2 aromatic carbocycles. The lowest BCUT2D eigenvalue weighted by molar-refractivity contribution is -0.114. The minimum atomic E-state index is 0.0250. The summed E-state index contributed by atoms with van der Waals surface area (Å²) in [6.45, 7) is 0.800. The number of fused-ring (bicyclic) bond motifs is 1. The van der Waals surface area contributed by atoms with E-state index in [1.54, 1.807) is 6.08 Å². The van der Waals surface area contributed by atoms with E-state index in [2.05, 4.69) is 16.4 Å². The Balaban J connectivity index is 1.61. The molecule has 1 unspecified atom stereocenters. The van der Waals surface area contributed by atoms with E-state index in [0.717, 1.165) is 36.3 Å². The highest BCUT2D eigenvalue weighted by Gasteiger charge is 2.16. The molecule has 1 atom stereocenters. The second-order valence-electron chi connectivity index (χ2n) is 6.30. The maximum absolute atomic E-state index is 12.1. The van der Waals surface area contributed by atoms with Crippen molar-refractivity contribution in [2.75, 3.05) is 6.54 Å². The highest BCUT2D eigenvalue weighted by Crippen LogP contribution is 2.28. The van der Waals surface area contributed by atoms with Crippen molar-refractivity contribution in [1.82, 2.24) is 5.32 Å². The number of nitrogens with zero attached hydrogens (tertiary/aromatic N) is 1. The predicted octanol–water partition coefficient (Wildman–Crippen LogP) is 3.68. The van der Waals surface area contributed by atoms with Crippen LogP contribution >= 0.6 is 0 Å². The van der Waals surface area contributed by atoms with E-state index in [4.69, 9.17) is 4.74 Å². The molecule has 0 radical (unpaired) electrons. The number of ether oxygens (including phenoxy) is 1. The van der Waals surface area contributed by atoms with Gasteiger partial charge in [-0.1, -0.05) is 36.4 Å². The molecule has 25 heavy (non-hydrogen) atoms. The van der Waals surface area contributed by atoms with Gasteiger partial charge < -0.3 is 4.74 Å². The zero-order valence-electron chi connectivity index (χ0n) is 13.9. The number of aliphatic imine (C=N–C) groups is 1. The van der Waals surface area contributed by atoms with Gasteiger partial charge in [-0.3, -0.25) is 15.1 Å². The maximum Gasteiger partial charge on any atom is 0.159 e. The standard InChI is InChI=1S/C21H20N2O2/c24-17-6-3-5-15-4-1-2-7-19(15)20(14-17)25-18-10-8-16(9-11-18)21-22-12-13-23-21/h1-2,4,7-12,14,21,23H,3,5-6,13H2. The smallest absolute Gasteiger partial charge is 0.159 e. The second-order valence-corrected chi connectivity index (χ2v) is 6.30. The Morgan fingerprint density at radius 3 is 2.68 bits per heavy atom. The van der Waals surface area contributed by atoms with E-state index in [1.807, 2.05) is 48.7 Å². The van der Waals surface area contributed by atoms with Gasteiger partial charge in [0.1, 0.15) is 17.7 Å². The number of ketones is 1. The Bertz CT molecular complexity index is 837. The summed E-state index contributed by atoms with van der Waals surface area (Å²) >= 11 is 0. The largest absolute Gasteiger partial charge is 0.457 e. The fraction of sp³-hybridized carbons (Fsp3) is 0.238. The number of benzene rings is 2. The number of carbonyl (C=O) groups excluding carboxylic acids is 1. The van der Waals surface area contributed by atoms with E-state index in [0.29, 0.717) is 12.2 Å². The van der Waals surface area contributed by atoms with Crippen molar-refractivity contribution in [2.45, 2.75) is 25.4 Å². The van der Waals surface area contributed by atoms with Crippen molar-refractivity contribution in [3.8, 4) is 5.75 Å². The van der Waals surface area contributed by atoms with Gasteiger partial charge in [0.2, 0.25) is 0 Å². The lowest BCUT2D eigenvalue weighted by Gasteiger charge is -2.17. The summed E-state index contributed by atoms with van der Waals surface area (Å²) in [4.78, 5) is 16.5. The third-order valence-corrected chi connectivity index (χ3v) is 4.52. The van der Waals surface area contributed by atoms with E-state index in [-0.39, 0.29) is 11.9 Å². The number of allylic oxidation sites excluding steroid dienone is 1. The molecule has 1 aliphatic carbocycles. The van der Waals surface area contributed by atoms with E-state index >= 15 is 0 Å². The number of hydrogen-bond acceptors (Lipinski definition) is 4. The molecule has 126 valence electrons. The number of carbonyl (C=O) groups is 1. The zero-order valence-corrected chi connectivity index (χ0v) is 13.9. The van der Waals surface area contributed by atoms with Crippen molar-refractivity contribution < 1.29 is 9.53 Å². The molecule has 0 saturated carbocycles. The molecule has 0 aromatic heterocycles. The highest BCUT2D eigenvalue weighted by atomic mass is 16.5. The van der Waals surface area contributed by atoms with Gasteiger partial charge >= 0.3 is 0 Å². The van der Waals surface area contributed by atoms with Crippen LogP contribution < -0.4 is 10.1 Å². The Kier molecular flexibility index (Phi) is 4.44. The van der Waals surface area contributed by atoms with Gasteiger partial charge in [0.25, 0.3) is 0 Å². The molecule has 1 N–H and O–H groups in total. The van der Waals surface area contributed by atoms with E-state index < -0.39 is 0 Å². The lowest BCUT2D eigenvalue weighted by atomic mass is 9.96. The highest BCUT2D eigenvalue weighted by molar-refractivity contribution is 5.96. The third kappa shape index (κ3) is 3.54. The van der Waals surface area contributed by atoms with Crippen molar-refractivity contribution in [1.29, 1.82) is 0 Å². The lowest BCUT2D eigenvalue weighted by Crippen LogP contribution is -2.14. The van der Waals surface area contributed by atoms with Crippen molar-refractivity contribution in [3.05, 3.63) is 71.3 Å². The Morgan fingerprint density at radius 1 is 1.04 bits per heavy atom. The summed E-state index contributed by atoms with van der Waals surface area (Å²) in [7, 11) is 0. The van der Waals surface area contributed by atoms with Gasteiger partial charge in [-0.2, -0.15) is 0 Å². The average Bonchev–Trinajstić information content (AvgIpc) is 3.15. The van der Waals surface area contributed by atoms with Gasteiger partial charge in [0, 0.05) is 30.8 Å². The van der Waals surface area contributed by atoms with Gasteiger partial charge in [-0.25, -0.2) is 0 Å². The van der Waals surface area contributed by atoms with Crippen LogP contribution in [0, 0.1) is 0 Å². The topological polar surface area (TPSA) is 50.7 Å². The van der Waals surface area contributed by atoms with Crippen LogP contribution in [0.3, 0.4) is 0 Å². The number of rotatable bonds is 3. The molecule has 2 aromatic rings. The molecule has 4 nitrogen and oxygen atoms in total. The summed E-state index contributed by atoms with van der Waals surface area (Å²) in [5, 5.41) is 3.29. The average molecular weight is 332 g/mol. The molecule has 2 aliphatic rings. The molecule has 4 heteroatoms. The summed E-state index contributed by atoms with van der Waals surface area (Å²) < 4.78 is 6.09. The van der Waals surface area contributed by atoms with Crippen LogP contribution in [0.4, 0.5) is 0 Å². The SMILES string of the molecule is O=C1C=C(Oc2ccc(C3N=CCN3)cc2)c2ccccc2CCC1. The van der Waals surface area contributed by atoms with Crippen LogP contribution in [0.25, 0.3) is 5.76 Å². The molecule has 1 aliphatic heterocycles. The summed E-state index contributed by atoms with van der Waals surface area (Å²) in [5.41, 5.74) is 3.33. The van der Waals surface area contributed by atoms with Crippen LogP contribution in [-0.4, -0.2) is 18.5 Å². The van der Waals surface area contributed by atoms with Crippen LogP contribution in [0.15, 0.2) is 59.6 Å². The predicted molar refractivity (Wildman–Crippen MR) is 98.7 cm³/mol. The molecule has 0 amide bonds. The first-order valence-corrected chi connectivity index (χ1v) is 8.65. The normalized spacial score (nSPS) is 19.8. The zero-order chi connectivity index (χ0) is 17.1. The molecule has 0 fully saturated rings. The monoisotopic (exact) mass is 332 g/mol. The minimum Gasteiger partial charge on any atom is -0.457 e. The molecule has 4 rings (SSSR count). The molecular weight excluding hydrogens is 312 g/mol. The Labute approximate surface area is 147 Å². The first-order chi connectivity index (χ1) is 12.3. The summed E-state index contributed by atoms with van der Waals surface area (Å²) in [6, 6.07) is 16.0. The van der Waals surface area contributed by atoms with E-state index in [1.165, 1.54) is 5.56 Å². The summed E-state index contributed by atoms with van der Waals surface area (Å²) in [6.07, 6.45) is 5.88. The second kappa shape index (κ2) is 7.03.